The molecule has 0 aliphatic heterocycles. The molecule has 0 unspecified atom stereocenters. The van der Waals surface area contributed by atoms with Crippen molar-refractivity contribution in [3.63, 3.8) is 0 Å². The van der Waals surface area contributed by atoms with Gasteiger partial charge in [-0.05, 0) is 12.1 Å². The molecule has 50 valence electrons. The van der Waals surface area contributed by atoms with Crippen LogP contribution in [-0.4, -0.2) is 11.1 Å². The molecule has 1 rings (SSSR count). The van der Waals surface area contributed by atoms with Crippen LogP contribution < -0.4 is 0 Å². The number of aromatic nitrogens is 1. The highest BCUT2D eigenvalue weighted by Crippen LogP contribution is 2.05. The maximum atomic E-state index is 12.2. The van der Waals surface area contributed by atoms with Crippen LogP contribution in [0.4, 0.5) is 10.2 Å². The van der Waals surface area contributed by atoms with E-state index in [1.165, 1.54) is 24.3 Å². The largest absolute Gasteiger partial charge is 0.242 e. The lowest BCUT2D eigenvalue weighted by Gasteiger charge is -1.86. The molecular weight excluding hydrogens is 135 g/mol. The second-order valence-electron chi connectivity index (χ2n) is 1.52. The van der Waals surface area contributed by atoms with Crippen LogP contribution in [-0.2, 0) is 4.79 Å². The molecule has 0 fully saturated rings. The van der Waals surface area contributed by atoms with Crippen molar-refractivity contribution in [2.45, 2.75) is 0 Å². The van der Waals surface area contributed by atoms with Gasteiger partial charge in [-0.3, -0.25) is 0 Å². The van der Waals surface area contributed by atoms with Crippen molar-refractivity contribution < 1.29 is 9.18 Å². The van der Waals surface area contributed by atoms with Gasteiger partial charge in [0.15, 0.2) is 5.82 Å². The predicted molar refractivity (Wildman–Crippen MR) is 32.0 cm³/mol. The number of carbonyl (C=O) groups excluding carboxylic acids is 1. The van der Waals surface area contributed by atoms with Gasteiger partial charge in [0, 0.05) is 0 Å². The third-order valence-electron chi connectivity index (χ3n) is 0.861. The number of hydrogen-bond donors (Lipinski definition) is 0. The Morgan fingerprint density at radius 1 is 1.60 bits per heavy atom. The minimum absolute atomic E-state index is 0.0370. The molecule has 0 bridgehead atoms. The van der Waals surface area contributed by atoms with Crippen molar-refractivity contribution in [2.24, 2.45) is 4.99 Å². The fourth-order valence-corrected chi connectivity index (χ4v) is 0.507. The standard InChI is InChI=1S/C6H3FN2O/c7-5-2-1-3-6(9-5)8-4-10/h1-3H. The van der Waals surface area contributed by atoms with Crippen molar-refractivity contribution in [3.8, 4) is 0 Å². The van der Waals surface area contributed by atoms with Gasteiger partial charge < -0.3 is 0 Å². The van der Waals surface area contributed by atoms with Crippen molar-refractivity contribution in [3.05, 3.63) is 24.1 Å². The fourth-order valence-electron chi connectivity index (χ4n) is 0.507. The molecule has 0 aliphatic carbocycles. The highest BCUT2D eigenvalue weighted by molar-refractivity contribution is 5.43. The summed E-state index contributed by atoms with van der Waals surface area (Å²) in [5, 5.41) is 0. The summed E-state index contributed by atoms with van der Waals surface area (Å²) in [6, 6.07) is 4.00. The molecule has 0 aliphatic rings. The van der Waals surface area contributed by atoms with E-state index in [1.54, 1.807) is 0 Å². The zero-order valence-electron chi connectivity index (χ0n) is 4.91. The van der Waals surface area contributed by atoms with Crippen molar-refractivity contribution >= 4 is 11.9 Å². The number of aliphatic imine (C=N–C) groups is 1. The lowest BCUT2D eigenvalue weighted by molar-refractivity contribution is 0.564. The Balaban J connectivity index is 3.06. The summed E-state index contributed by atoms with van der Waals surface area (Å²) < 4.78 is 12.2. The van der Waals surface area contributed by atoms with E-state index in [9.17, 15) is 9.18 Å². The van der Waals surface area contributed by atoms with E-state index in [0.717, 1.165) is 0 Å². The van der Waals surface area contributed by atoms with Crippen LogP contribution in [0.5, 0.6) is 0 Å². The van der Waals surface area contributed by atoms with E-state index < -0.39 is 5.95 Å². The fraction of sp³-hybridized carbons (Fsp3) is 0. The summed E-state index contributed by atoms with van der Waals surface area (Å²) in [7, 11) is 0. The molecule has 1 aromatic heterocycles. The van der Waals surface area contributed by atoms with E-state index in [0.29, 0.717) is 0 Å². The van der Waals surface area contributed by atoms with Gasteiger partial charge in [0.05, 0.1) is 0 Å². The van der Waals surface area contributed by atoms with Gasteiger partial charge >= 0.3 is 0 Å². The van der Waals surface area contributed by atoms with E-state index in [2.05, 4.69) is 9.98 Å². The number of nitrogens with zero attached hydrogens (tertiary/aromatic N) is 2. The zero-order chi connectivity index (χ0) is 7.40. The average Bonchev–Trinajstić information content (AvgIpc) is 1.88. The van der Waals surface area contributed by atoms with Gasteiger partial charge in [0.25, 0.3) is 0 Å². The van der Waals surface area contributed by atoms with E-state index in [4.69, 9.17) is 0 Å². The van der Waals surface area contributed by atoms with Crippen LogP contribution in [0.1, 0.15) is 0 Å². The SMILES string of the molecule is O=C=Nc1cccc(F)n1. The first kappa shape index (κ1) is 6.58. The van der Waals surface area contributed by atoms with Crippen molar-refractivity contribution in [1.29, 1.82) is 0 Å². The maximum Gasteiger partial charge on any atom is 0.242 e. The molecule has 0 N–H and O–H groups in total. The molecule has 0 spiro atoms. The zero-order valence-corrected chi connectivity index (χ0v) is 4.91. The van der Waals surface area contributed by atoms with Crippen LogP contribution in [0.25, 0.3) is 0 Å². The molecule has 4 heteroatoms. The molecule has 0 saturated carbocycles. The minimum atomic E-state index is -0.656. The summed E-state index contributed by atoms with van der Waals surface area (Å²) in [4.78, 5) is 16.0. The number of pyridine rings is 1. The third kappa shape index (κ3) is 1.47. The van der Waals surface area contributed by atoms with E-state index in [1.807, 2.05) is 0 Å². The first-order chi connectivity index (χ1) is 4.83. The quantitative estimate of drug-likeness (QED) is 0.332. The highest BCUT2D eigenvalue weighted by atomic mass is 19.1. The van der Waals surface area contributed by atoms with Gasteiger partial charge in [-0.15, -0.1) is 4.99 Å². The Kier molecular flexibility index (Phi) is 1.87. The molecule has 3 nitrogen and oxygen atoms in total. The molecular formula is C6H3FN2O. The molecule has 0 radical (unpaired) electrons. The van der Waals surface area contributed by atoms with Gasteiger partial charge in [-0.25, -0.2) is 4.79 Å². The summed E-state index contributed by atoms with van der Waals surface area (Å²) in [6.07, 6.45) is 1.26. The summed E-state index contributed by atoms with van der Waals surface area (Å²) in [6.45, 7) is 0. The molecule has 10 heavy (non-hydrogen) atoms. The second-order valence-corrected chi connectivity index (χ2v) is 1.52. The van der Waals surface area contributed by atoms with Crippen molar-refractivity contribution in [2.75, 3.05) is 0 Å². The Morgan fingerprint density at radius 2 is 2.40 bits per heavy atom. The lowest BCUT2D eigenvalue weighted by Crippen LogP contribution is -1.78. The molecule has 1 aromatic rings. The third-order valence-corrected chi connectivity index (χ3v) is 0.861. The Bertz CT molecular complexity index is 281. The van der Waals surface area contributed by atoms with Crippen molar-refractivity contribution in [1.82, 2.24) is 4.98 Å². The first-order valence-corrected chi connectivity index (χ1v) is 2.53. The smallest absolute Gasteiger partial charge is 0.211 e. The molecule has 1 heterocycles. The van der Waals surface area contributed by atoms with Crippen LogP contribution in [0.15, 0.2) is 23.2 Å². The Morgan fingerprint density at radius 3 is 3.00 bits per heavy atom. The van der Waals surface area contributed by atoms with Crippen LogP contribution in [0.3, 0.4) is 0 Å². The number of rotatable bonds is 1. The lowest BCUT2D eigenvalue weighted by atomic mass is 10.5. The summed E-state index contributed by atoms with van der Waals surface area (Å²) in [5.41, 5.74) is 0. The van der Waals surface area contributed by atoms with Crippen LogP contribution in [0, 0.1) is 5.95 Å². The van der Waals surface area contributed by atoms with Gasteiger partial charge in [-0.1, -0.05) is 6.07 Å². The number of hydrogen-bond acceptors (Lipinski definition) is 3. The number of halogens is 1. The van der Waals surface area contributed by atoms with Crippen LogP contribution in [0.2, 0.25) is 0 Å². The molecule has 0 saturated heterocycles. The normalized spacial score (nSPS) is 8.50. The van der Waals surface area contributed by atoms with Crippen LogP contribution >= 0.6 is 0 Å². The molecule has 0 aromatic carbocycles. The predicted octanol–water partition coefficient (Wildman–Crippen LogP) is 1.19. The summed E-state index contributed by atoms with van der Waals surface area (Å²) in [5.74, 6) is -0.619. The summed E-state index contributed by atoms with van der Waals surface area (Å²) >= 11 is 0. The molecule has 0 amide bonds. The Hall–Kier alpha value is -1.54. The first-order valence-electron chi connectivity index (χ1n) is 2.53. The topological polar surface area (TPSA) is 42.3 Å². The Labute approximate surface area is 56.2 Å². The second kappa shape index (κ2) is 2.85. The number of isocyanates is 1. The van der Waals surface area contributed by atoms with E-state index in [-0.39, 0.29) is 5.82 Å². The highest BCUT2D eigenvalue weighted by Gasteiger charge is 1.91. The molecule has 0 atom stereocenters. The maximum absolute atomic E-state index is 12.2. The van der Waals surface area contributed by atoms with Gasteiger partial charge in [0.2, 0.25) is 12.0 Å². The minimum Gasteiger partial charge on any atom is -0.211 e. The van der Waals surface area contributed by atoms with Gasteiger partial charge in [-0.2, -0.15) is 9.37 Å². The van der Waals surface area contributed by atoms with E-state index >= 15 is 0 Å². The average molecular weight is 138 g/mol. The monoisotopic (exact) mass is 138 g/mol. The van der Waals surface area contributed by atoms with Gasteiger partial charge in [0.1, 0.15) is 0 Å².